The van der Waals surface area contributed by atoms with Gasteiger partial charge in [0.2, 0.25) is 11.8 Å². The minimum Gasteiger partial charge on any atom is -0.416 e. The fourth-order valence-electron chi connectivity index (χ4n) is 2.03. The van der Waals surface area contributed by atoms with E-state index < -0.39 is 11.1 Å². The Balaban J connectivity index is 1.58. The lowest BCUT2D eigenvalue weighted by atomic mass is 10.3. The van der Waals surface area contributed by atoms with Crippen LogP contribution in [0.15, 0.2) is 33.2 Å². The molecule has 10 heteroatoms. The minimum absolute atomic E-state index is 0.134. The van der Waals surface area contributed by atoms with Crippen molar-refractivity contribution >= 4 is 46.3 Å². The predicted octanol–water partition coefficient (Wildman–Crippen LogP) is 4.34. The Labute approximate surface area is 162 Å². The number of thioether (sulfide) groups is 1. The predicted molar refractivity (Wildman–Crippen MR) is 99.3 cm³/mol. The molecular formula is C16H14ClFN4O2S2. The molecule has 3 rings (SSSR count). The number of nitrogens with one attached hydrogen (secondary N) is 1. The second-order valence-corrected chi connectivity index (χ2v) is 8.13. The number of carbonyl (C=O) groups excluding carboxylic acids is 1. The summed E-state index contributed by atoms with van der Waals surface area (Å²) in [6.07, 6.45) is 0.448. The Hall–Kier alpha value is -1.97. The Morgan fingerprint density at radius 3 is 2.96 bits per heavy atom. The first-order valence-corrected chi connectivity index (χ1v) is 9.70. The molecule has 0 saturated heterocycles. The number of anilines is 1. The number of rotatable bonds is 6. The standard InChI is InChI=1S/C16H14ClFN4O2S2/c1-8(15(23)20-13-4-3-10(18)5-12(13)17)26-16-22-21-14(24-16)6-11-7-25-9(2)19-11/h3-5,7-8H,6H2,1-2H3,(H,20,23)/t8-/m0/s1. The Morgan fingerprint density at radius 1 is 1.46 bits per heavy atom. The molecule has 0 aliphatic carbocycles. The maximum absolute atomic E-state index is 13.1. The molecule has 0 aliphatic rings. The first-order valence-electron chi connectivity index (χ1n) is 7.56. The molecule has 0 aliphatic heterocycles. The highest BCUT2D eigenvalue weighted by Crippen LogP contribution is 2.26. The van der Waals surface area contributed by atoms with Gasteiger partial charge < -0.3 is 9.73 Å². The van der Waals surface area contributed by atoms with Gasteiger partial charge in [-0.15, -0.1) is 21.5 Å². The van der Waals surface area contributed by atoms with Gasteiger partial charge in [0.15, 0.2) is 0 Å². The van der Waals surface area contributed by atoms with Crippen LogP contribution >= 0.6 is 34.7 Å². The van der Waals surface area contributed by atoms with E-state index in [1.807, 2.05) is 12.3 Å². The van der Waals surface area contributed by atoms with Gasteiger partial charge in [-0.2, -0.15) is 0 Å². The number of aryl methyl sites for hydroxylation is 1. The molecule has 1 atom stereocenters. The van der Waals surface area contributed by atoms with Crippen molar-refractivity contribution in [2.24, 2.45) is 0 Å². The molecule has 136 valence electrons. The molecule has 0 unspecified atom stereocenters. The molecule has 0 spiro atoms. The molecule has 3 aromatic rings. The average molecular weight is 413 g/mol. The number of amides is 1. The third-order valence-corrected chi connectivity index (χ3v) is 5.35. The highest BCUT2D eigenvalue weighted by Gasteiger charge is 2.19. The van der Waals surface area contributed by atoms with Crippen LogP contribution < -0.4 is 5.32 Å². The van der Waals surface area contributed by atoms with Crippen molar-refractivity contribution < 1.29 is 13.6 Å². The number of aromatic nitrogens is 3. The van der Waals surface area contributed by atoms with Gasteiger partial charge in [-0.3, -0.25) is 4.79 Å². The lowest BCUT2D eigenvalue weighted by Crippen LogP contribution is -2.22. The van der Waals surface area contributed by atoms with Gasteiger partial charge in [0.1, 0.15) is 5.82 Å². The number of nitrogens with zero attached hydrogens (tertiary/aromatic N) is 3. The van der Waals surface area contributed by atoms with E-state index in [4.69, 9.17) is 16.0 Å². The summed E-state index contributed by atoms with van der Waals surface area (Å²) in [5, 5.41) is 13.4. The van der Waals surface area contributed by atoms with Crippen LogP contribution in [-0.2, 0) is 11.2 Å². The number of halogens is 2. The number of hydrogen-bond acceptors (Lipinski definition) is 7. The molecule has 1 N–H and O–H groups in total. The summed E-state index contributed by atoms with van der Waals surface area (Å²) in [7, 11) is 0. The van der Waals surface area contributed by atoms with Crippen LogP contribution in [0.4, 0.5) is 10.1 Å². The van der Waals surface area contributed by atoms with Crippen LogP contribution in [0.5, 0.6) is 0 Å². The van der Waals surface area contributed by atoms with E-state index >= 15 is 0 Å². The summed E-state index contributed by atoms with van der Waals surface area (Å²) < 4.78 is 18.6. The minimum atomic E-state index is -0.508. The van der Waals surface area contributed by atoms with Crippen LogP contribution in [0.1, 0.15) is 23.5 Å². The third-order valence-electron chi connectivity index (χ3n) is 3.28. The van der Waals surface area contributed by atoms with Crippen molar-refractivity contribution in [3.05, 3.63) is 51.0 Å². The van der Waals surface area contributed by atoms with E-state index in [0.717, 1.165) is 28.5 Å². The van der Waals surface area contributed by atoms with E-state index in [9.17, 15) is 9.18 Å². The average Bonchev–Trinajstić information content (AvgIpc) is 3.19. The first kappa shape index (κ1) is 18.8. The van der Waals surface area contributed by atoms with E-state index in [1.165, 1.54) is 12.1 Å². The molecular weight excluding hydrogens is 399 g/mol. The van der Waals surface area contributed by atoms with Gasteiger partial charge in [-0.25, -0.2) is 9.37 Å². The summed E-state index contributed by atoms with van der Waals surface area (Å²) >= 11 is 8.60. The maximum atomic E-state index is 13.1. The van der Waals surface area contributed by atoms with Gasteiger partial charge >= 0.3 is 0 Å². The monoisotopic (exact) mass is 412 g/mol. The van der Waals surface area contributed by atoms with Crippen LogP contribution in [-0.4, -0.2) is 26.3 Å². The number of carbonyl (C=O) groups is 1. The van der Waals surface area contributed by atoms with Gasteiger partial charge in [0.05, 0.1) is 33.1 Å². The zero-order valence-electron chi connectivity index (χ0n) is 13.8. The topological polar surface area (TPSA) is 80.9 Å². The number of hydrogen-bond donors (Lipinski definition) is 1. The zero-order chi connectivity index (χ0) is 18.7. The summed E-state index contributed by atoms with van der Waals surface area (Å²) in [6.45, 7) is 3.63. The van der Waals surface area contributed by atoms with Gasteiger partial charge in [-0.1, -0.05) is 23.4 Å². The van der Waals surface area contributed by atoms with Crippen LogP contribution in [0.3, 0.4) is 0 Å². The van der Waals surface area contributed by atoms with Crippen LogP contribution in [0.25, 0.3) is 0 Å². The molecule has 1 amide bonds. The van der Waals surface area contributed by atoms with Crippen molar-refractivity contribution in [2.45, 2.75) is 30.7 Å². The Morgan fingerprint density at radius 2 is 2.27 bits per heavy atom. The third kappa shape index (κ3) is 4.80. The van der Waals surface area contributed by atoms with Gasteiger partial charge in [-0.05, 0) is 32.0 Å². The summed E-state index contributed by atoms with van der Waals surface area (Å²) in [6, 6.07) is 3.77. The molecule has 0 bridgehead atoms. The van der Waals surface area contributed by atoms with Gasteiger partial charge in [0.25, 0.3) is 5.22 Å². The maximum Gasteiger partial charge on any atom is 0.277 e. The second-order valence-electron chi connectivity index (χ2n) is 5.37. The number of thiazole rings is 1. The smallest absolute Gasteiger partial charge is 0.277 e. The first-order chi connectivity index (χ1) is 12.4. The fraction of sp³-hybridized carbons (Fsp3) is 0.250. The molecule has 2 aromatic heterocycles. The van der Waals surface area contributed by atoms with E-state index in [2.05, 4.69) is 20.5 Å². The lowest BCUT2D eigenvalue weighted by Gasteiger charge is -2.11. The quantitative estimate of drug-likeness (QED) is 0.606. The van der Waals surface area contributed by atoms with E-state index in [0.29, 0.717) is 23.2 Å². The highest BCUT2D eigenvalue weighted by molar-refractivity contribution is 8.00. The fourth-order valence-corrected chi connectivity index (χ4v) is 3.56. The Kier molecular flexibility index (Phi) is 5.90. The molecule has 0 fully saturated rings. The van der Waals surface area contributed by atoms with Crippen LogP contribution in [0.2, 0.25) is 5.02 Å². The molecule has 0 radical (unpaired) electrons. The molecule has 26 heavy (non-hydrogen) atoms. The summed E-state index contributed by atoms with van der Waals surface area (Å²) in [5.41, 5.74) is 1.21. The molecule has 1 aromatic carbocycles. The van der Waals surface area contributed by atoms with Crippen LogP contribution in [0, 0.1) is 12.7 Å². The van der Waals surface area contributed by atoms with Crippen molar-refractivity contribution in [3.8, 4) is 0 Å². The van der Waals surface area contributed by atoms with Gasteiger partial charge in [0, 0.05) is 5.38 Å². The molecule has 2 heterocycles. The largest absolute Gasteiger partial charge is 0.416 e. The highest BCUT2D eigenvalue weighted by atomic mass is 35.5. The molecule has 6 nitrogen and oxygen atoms in total. The van der Waals surface area contributed by atoms with Crippen molar-refractivity contribution in [1.29, 1.82) is 0 Å². The van der Waals surface area contributed by atoms with E-state index in [1.54, 1.807) is 18.3 Å². The molecule has 0 saturated carbocycles. The summed E-state index contributed by atoms with van der Waals surface area (Å²) in [4.78, 5) is 16.6. The lowest BCUT2D eigenvalue weighted by molar-refractivity contribution is -0.115. The Bertz CT molecular complexity index is 931. The zero-order valence-corrected chi connectivity index (χ0v) is 16.2. The normalized spacial score (nSPS) is 12.2. The van der Waals surface area contributed by atoms with Crippen molar-refractivity contribution in [2.75, 3.05) is 5.32 Å². The SMILES string of the molecule is Cc1nc(Cc2nnc(S[C@@H](C)C(=O)Nc3ccc(F)cc3Cl)o2)cs1. The van der Waals surface area contributed by atoms with Crippen molar-refractivity contribution in [1.82, 2.24) is 15.2 Å². The van der Waals surface area contributed by atoms with Crippen molar-refractivity contribution in [3.63, 3.8) is 0 Å². The second kappa shape index (κ2) is 8.15. The number of benzene rings is 1. The van der Waals surface area contributed by atoms with E-state index in [-0.39, 0.29) is 10.9 Å². The summed E-state index contributed by atoms with van der Waals surface area (Å²) in [5.74, 6) is -0.338.